The Hall–Kier alpha value is -0.220. The molecule has 0 radical (unpaired) electrons. The zero-order valence-corrected chi connectivity index (χ0v) is 7.34. The number of hydrogen-bond donors (Lipinski definition) is 0. The minimum Gasteiger partial charge on any atom is -0.292 e. The fourth-order valence-electron chi connectivity index (χ4n) is 0.553. The number of alkyl halides is 1. The van der Waals surface area contributed by atoms with Gasteiger partial charge in [0.15, 0.2) is 5.78 Å². The number of carbonyl (C=O) groups excluding carboxylic acids is 1. The van der Waals surface area contributed by atoms with Gasteiger partial charge in [-0.3, -0.25) is 4.79 Å². The summed E-state index contributed by atoms with van der Waals surface area (Å²) in [6.07, 6.45) is 0. The molecule has 1 rings (SSSR count). The van der Waals surface area contributed by atoms with Gasteiger partial charge in [-0.05, 0) is 11.4 Å². The minimum atomic E-state index is -0.422. The maximum absolute atomic E-state index is 12.6. The first-order chi connectivity index (χ1) is 4.75. The van der Waals surface area contributed by atoms with Crippen LogP contribution in [0.4, 0.5) is 4.39 Å². The summed E-state index contributed by atoms with van der Waals surface area (Å²) in [5, 5.41) is 1.75. The summed E-state index contributed by atoms with van der Waals surface area (Å²) in [5.74, 6) is -0.623. The third-order valence-electron chi connectivity index (χ3n) is 0.992. The molecule has 0 aliphatic rings. The summed E-state index contributed by atoms with van der Waals surface area (Å²) in [7, 11) is 0. The molecule has 1 nitrogen and oxygen atoms in total. The molecule has 0 atom stereocenters. The molecule has 0 saturated carbocycles. The largest absolute Gasteiger partial charge is 0.292 e. The van der Waals surface area contributed by atoms with Gasteiger partial charge in [-0.25, -0.2) is 4.39 Å². The van der Waals surface area contributed by atoms with Crippen LogP contribution in [0.5, 0.6) is 0 Å². The Morgan fingerprint density at radius 1 is 1.80 bits per heavy atom. The van der Waals surface area contributed by atoms with Gasteiger partial charge in [-0.1, -0.05) is 15.9 Å². The number of ketones is 1. The highest BCUT2D eigenvalue weighted by atomic mass is 79.9. The molecule has 0 fully saturated rings. The van der Waals surface area contributed by atoms with E-state index in [1.807, 2.05) is 0 Å². The fourth-order valence-corrected chi connectivity index (χ4v) is 1.73. The summed E-state index contributed by atoms with van der Waals surface area (Å²) in [4.78, 5) is 11.0. The van der Waals surface area contributed by atoms with Crippen molar-refractivity contribution in [3.05, 3.63) is 22.1 Å². The monoisotopic (exact) mass is 222 g/mol. The lowest BCUT2D eigenvalue weighted by Crippen LogP contribution is -1.98. The van der Waals surface area contributed by atoms with E-state index in [1.54, 1.807) is 5.38 Å². The molecule has 0 amide bonds. The molecule has 54 valence electrons. The SMILES string of the molecule is O=C(CBr)c1sccc1F. The van der Waals surface area contributed by atoms with Crippen LogP contribution in [0.3, 0.4) is 0 Å². The summed E-state index contributed by atoms with van der Waals surface area (Å²) in [6.45, 7) is 0. The van der Waals surface area contributed by atoms with Gasteiger partial charge in [0.25, 0.3) is 0 Å². The van der Waals surface area contributed by atoms with Gasteiger partial charge >= 0.3 is 0 Å². The zero-order valence-electron chi connectivity index (χ0n) is 4.93. The van der Waals surface area contributed by atoms with Gasteiger partial charge in [-0.2, -0.15) is 0 Å². The lowest BCUT2D eigenvalue weighted by molar-refractivity contribution is 0.102. The van der Waals surface area contributed by atoms with Gasteiger partial charge in [0.05, 0.1) is 5.33 Å². The second-order valence-corrected chi connectivity index (χ2v) is 3.13. The van der Waals surface area contributed by atoms with Crippen LogP contribution in [0.2, 0.25) is 0 Å². The second kappa shape index (κ2) is 3.25. The molecule has 0 saturated heterocycles. The Kier molecular flexibility index (Phi) is 2.56. The van der Waals surface area contributed by atoms with Crippen LogP contribution >= 0.6 is 27.3 Å². The quantitative estimate of drug-likeness (QED) is 0.556. The number of halogens is 2. The molecule has 0 aliphatic carbocycles. The van der Waals surface area contributed by atoms with E-state index in [4.69, 9.17) is 0 Å². The van der Waals surface area contributed by atoms with E-state index in [0.29, 0.717) is 0 Å². The normalized spacial score (nSPS) is 9.80. The van der Waals surface area contributed by atoms with Crippen molar-refractivity contribution in [3.63, 3.8) is 0 Å². The Morgan fingerprint density at radius 2 is 2.50 bits per heavy atom. The van der Waals surface area contributed by atoms with Crippen LogP contribution < -0.4 is 0 Å². The first kappa shape index (κ1) is 7.88. The molecule has 4 heteroatoms. The Labute approximate surface area is 70.0 Å². The van der Waals surface area contributed by atoms with Crippen molar-refractivity contribution < 1.29 is 9.18 Å². The fraction of sp³-hybridized carbons (Fsp3) is 0.167. The lowest BCUT2D eigenvalue weighted by atomic mass is 10.3. The summed E-state index contributed by atoms with van der Waals surface area (Å²) < 4.78 is 12.6. The van der Waals surface area contributed by atoms with E-state index in [-0.39, 0.29) is 16.0 Å². The van der Waals surface area contributed by atoms with Gasteiger partial charge < -0.3 is 0 Å². The first-order valence-corrected chi connectivity index (χ1v) is 4.58. The van der Waals surface area contributed by atoms with E-state index >= 15 is 0 Å². The zero-order chi connectivity index (χ0) is 7.56. The summed E-state index contributed by atoms with van der Waals surface area (Å²) in [6, 6.07) is 1.29. The van der Waals surface area contributed by atoms with E-state index in [9.17, 15) is 9.18 Å². The molecule has 0 spiro atoms. The number of Topliss-reactive ketones (excluding diaryl/α,β-unsaturated/α-hetero) is 1. The van der Waals surface area contributed by atoms with Gasteiger partial charge in [0.2, 0.25) is 0 Å². The van der Waals surface area contributed by atoms with Crippen LogP contribution in [-0.4, -0.2) is 11.1 Å². The molecule has 1 aromatic heterocycles. The van der Waals surface area contributed by atoms with Crippen LogP contribution in [0, 0.1) is 5.82 Å². The average Bonchev–Trinajstić information content (AvgIpc) is 2.34. The van der Waals surface area contributed by atoms with Crippen molar-refractivity contribution in [1.29, 1.82) is 0 Å². The van der Waals surface area contributed by atoms with Crippen molar-refractivity contribution in [2.45, 2.75) is 0 Å². The molecule has 1 aromatic rings. The Balaban J connectivity index is 2.93. The Bertz CT molecular complexity index is 246. The van der Waals surface area contributed by atoms with Crippen LogP contribution in [0.25, 0.3) is 0 Å². The first-order valence-electron chi connectivity index (χ1n) is 2.58. The molecule has 0 aliphatic heterocycles. The molecule has 0 N–H and O–H groups in total. The highest BCUT2D eigenvalue weighted by Crippen LogP contribution is 2.15. The van der Waals surface area contributed by atoms with Crippen molar-refractivity contribution in [1.82, 2.24) is 0 Å². The number of carbonyl (C=O) groups is 1. The standard InChI is InChI=1S/C6H4BrFOS/c7-3-5(9)6-4(8)1-2-10-6/h1-2H,3H2. The minimum absolute atomic E-state index is 0.185. The highest BCUT2D eigenvalue weighted by Gasteiger charge is 2.10. The van der Waals surface area contributed by atoms with Crippen LogP contribution in [0.15, 0.2) is 11.4 Å². The maximum atomic E-state index is 12.6. The number of hydrogen-bond acceptors (Lipinski definition) is 2. The average molecular weight is 223 g/mol. The number of rotatable bonds is 2. The van der Waals surface area contributed by atoms with E-state index < -0.39 is 5.82 Å². The van der Waals surface area contributed by atoms with Gasteiger partial charge in [-0.15, -0.1) is 11.3 Å². The maximum Gasteiger partial charge on any atom is 0.186 e. The third-order valence-corrected chi connectivity index (χ3v) is 2.43. The third kappa shape index (κ3) is 1.44. The second-order valence-electron chi connectivity index (χ2n) is 1.65. The molecule has 10 heavy (non-hydrogen) atoms. The van der Waals surface area contributed by atoms with Crippen LogP contribution in [-0.2, 0) is 0 Å². The molecule has 0 aromatic carbocycles. The highest BCUT2D eigenvalue weighted by molar-refractivity contribution is 9.09. The molecule has 0 unspecified atom stereocenters. The van der Waals surface area contributed by atoms with Crippen molar-refractivity contribution in [3.8, 4) is 0 Å². The smallest absolute Gasteiger partial charge is 0.186 e. The predicted molar refractivity (Wildman–Crippen MR) is 42.4 cm³/mol. The Morgan fingerprint density at radius 3 is 2.90 bits per heavy atom. The molecule has 1 heterocycles. The predicted octanol–water partition coefficient (Wildman–Crippen LogP) is 2.46. The lowest BCUT2D eigenvalue weighted by Gasteiger charge is -1.88. The molecule has 0 bridgehead atoms. The van der Waals surface area contributed by atoms with Crippen LogP contribution in [0.1, 0.15) is 9.67 Å². The molecular weight excluding hydrogens is 219 g/mol. The van der Waals surface area contributed by atoms with Gasteiger partial charge in [0, 0.05) is 0 Å². The van der Waals surface area contributed by atoms with E-state index in [0.717, 1.165) is 11.3 Å². The summed E-state index contributed by atoms with van der Waals surface area (Å²) >= 11 is 4.09. The number of thiophene rings is 1. The van der Waals surface area contributed by atoms with Gasteiger partial charge in [0.1, 0.15) is 10.7 Å². The molecular formula is C6H4BrFOS. The van der Waals surface area contributed by atoms with Crippen molar-refractivity contribution >= 4 is 33.0 Å². The van der Waals surface area contributed by atoms with E-state index in [2.05, 4.69) is 15.9 Å². The van der Waals surface area contributed by atoms with Crippen molar-refractivity contribution in [2.24, 2.45) is 0 Å². The topological polar surface area (TPSA) is 17.1 Å². The van der Waals surface area contributed by atoms with Crippen molar-refractivity contribution in [2.75, 3.05) is 5.33 Å². The summed E-state index contributed by atoms with van der Waals surface area (Å²) in [5.41, 5.74) is 0. The van der Waals surface area contributed by atoms with E-state index in [1.165, 1.54) is 6.07 Å².